The lowest BCUT2D eigenvalue weighted by Gasteiger charge is -2.31. The molecule has 1 aliphatic heterocycles. The average Bonchev–Trinajstić information content (AvgIpc) is 2.63. The Labute approximate surface area is 156 Å². The van der Waals surface area contributed by atoms with E-state index in [1.54, 1.807) is 11.8 Å². The number of piperidine rings is 1. The van der Waals surface area contributed by atoms with Crippen molar-refractivity contribution in [2.24, 2.45) is 0 Å². The van der Waals surface area contributed by atoms with Gasteiger partial charge in [-0.25, -0.2) is 4.79 Å². The van der Waals surface area contributed by atoms with Gasteiger partial charge in [-0.3, -0.25) is 4.79 Å². The van der Waals surface area contributed by atoms with E-state index in [2.05, 4.69) is 42.7 Å². The summed E-state index contributed by atoms with van der Waals surface area (Å²) in [6, 6.07) is 6.40. The first kappa shape index (κ1) is 20.1. The van der Waals surface area contributed by atoms with Gasteiger partial charge in [0.05, 0.1) is 6.61 Å². The number of benzene rings is 1. The summed E-state index contributed by atoms with van der Waals surface area (Å²) >= 11 is 0. The summed E-state index contributed by atoms with van der Waals surface area (Å²) in [6.07, 6.45) is 2.70. The smallest absolute Gasteiger partial charge is 0.409 e. The molecule has 0 aliphatic carbocycles. The van der Waals surface area contributed by atoms with Gasteiger partial charge >= 0.3 is 6.09 Å². The Morgan fingerprint density at radius 2 is 1.96 bits per heavy atom. The van der Waals surface area contributed by atoms with Crippen LogP contribution in [0.5, 0.6) is 0 Å². The van der Waals surface area contributed by atoms with Crippen LogP contribution in [0.4, 0.5) is 10.5 Å². The van der Waals surface area contributed by atoms with Crippen molar-refractivity contribution in [2.75, 3.05) is 31.6 Å². The zero-order valence-electron chi connectivity index (χ0n) is 16.1. The summed E-state index contributed by atoms with van der Waals surface area (Å²) in [5.41, 5.74) is 3.62. The van der Waals surface area contributed by atoms with E-state index in [-0.39, 0.29) is 18.0 Å². The van der Waals surface area contributed by atoms with Crippen LogP contribution in [0, 0.1) is 6.92 Å². The van der Waals surface area contributed by atoms with Crippen LogP contribution >= 0.6 is 0 Å². The minimum absolute atomic E-state index is 0.0544. The fourth-order valence-electron chi connectivity index (χ4n) is 3.30. The van der Waals surface area contributed by atoms with Crippen LogP contribution in [0.25, 0.3) is 0 Å². The molecule has 26 heavy (non-hydrogen) atoms. The highest BCUT2D eigenvalue weighted by Crippen LogP contribution is 2.20. The number of ether oxygens (including phenoxy) is 1. The number of carbonyl (C=O) groups is 2. The van der Waals surface area contributed by atoms with E-state index < -0.39 is 0 Å². The third kappa shape index (κ3) is 5.64. The first-order valence-corrected chi connectivity index (χ1v) is 9.58. The molecule has 0 spiro atoms. The number of nitrogens with one attached hydrogen (secondary N) is 2. The fourth-order valence-corrected chi connectivity index (χ4v) is 3.30. The Morgan fingerprint density at radius 1 is 1.23 bits per heavy atom. The normalized spacial score (nSPS) is 14.8. The van der Waals surface area contributed by atoms with E-state index in [9.17, 15) is 9.59 Å². The van der Waals surface area contributed by atoms with E-state index in [1.165, 1.54) is 11.1 Å². The molecule has 0 atom stereocenters. The summed E-state index contributed by atoms with van der Waals surface area (Å²) in [4.78, 5) is 25.6. The van der Waals surface area contributed by atoms with Crippen LogP contribution in [0.1, 0.15) is 44.2 Å². The number of carbonyl (C=O) groups excluding carboxylic acids is 2. The number of nitrogens with zero attached hydrogens (tertiary/aromatic N) is 1. The quantitative estimate of drug-likeness (QED) is 0.783. The highest BCUT2D eigenvalue weighted by molar-refractivity contribution is 5.77. The van der Waals surface area contributed by atoms with Crippen molar-refractivity contribution in [1.29, 1.82) is 0 Å². The molecule has 2 rings (SSSR count). The molecule has 6 heteroatoms. The number of hydrogen-bond acceptors (Lipinski definition) is 4. The van der Waals surface area contributed by atoms with Gasteiger partial charge in [-0.15, -0.1) is 0 Å². The van der Waals surface area contributed by atoms with E-state index in [0.717, 1.165) is 24.9 Å². The maximum Gasteiger partial charge on any atom is 0.409 e. The Hall–Kier alpha value is -2.24. The number of amides is 2. The van der Waals surface area contributed by atoms with Crippen LogP contribution in [-0.2, 0) is 16.0 Å². The molecule has 144 valence electrons. The van der Waals surface area contributed by atoms with Gasteiger partial charge in [0.2, 0.25) is 5.91 Å². The lowest BCUT2D eigenvalue weighted by molar-refractivity contribution is -0.121. The van der Waals surface area contributed by atoms with Crippen molar-refractivity contribution < 1.29 is 14.3 Å². The molecule has 1 fully saturated rings. The maximum atomic E-state index is 12.2. The molecule has 2 amide bonds. The molecule has 1 aliphatic rings. The molecule has 1 heterocycles. The van der Waals surface area contributed by atoms with Gasteiger partial charge in [0.15, 0.2) is 0 Å². The van der Waals surface area contributed by atoms with Gasteiger partial charge in [-0.05, 0) is 44.2 Å². The predicted molar refractivity (Wildman–Crippen MR) is 103 cm³/mol. The van der Waals surface area contributed by atoms with Crippen LogP contribution < -0.4 is 10.6 Å². The average molecular weight is 361 g/mol. The second-order valence-electron chi connectivity index (χ2n) is 6.67. The first-order valence-electron chi connectivity index (χ1n) is 9.58. The lowest BCUT2D eigenvalue weighted by Crippen LogP contribution is -2.46. The van der Waals surface area contributed by atoms with E-state index >= 15 is 0 Å². The molecule has 1 saturated heterocycles. The number of likely N-dealkylation sites (tertiary alicyclic amines) is 1. The molecule has 2 N–H and O–H groups in total. The highest BCUT2D eigenvalue weighted by Gasteiger charge is 2.24. The second-order valence-corrected chi connectivity index (χ2v) is 6.67. The minimum atomic E-state index is -0.258. The summed E-state index contributed by atoms with van der Waals surface area (Å²) in [6.45, 7) is 8.29. The third-order valence-electron chi connectivity index (χ3n) is 4.78. The number of rotatable bonds is 7. The first-order chi connectivity index (χ1) is 12.5. The summed E-state index contributed by atoms with van der Waals surface area (Å²) in [5, 5.41) is 6.49. The largest absolute Gasteiger partial charge is 0.450 e. The monoisotopic (exact) mass is 361 g/mol. The van der Waals surface area contributed by atoms with Crippen LogP contribution in [0.15, 0.2) is 18.2 Å². The van der Waals surface area contributed by atoms with Gasteiger partial charge < -0.3 is 20.3 Å². The Balaban J connectivity index is 1.71. The topological polar surface area (TPSA) is 70.7 Å². The minimum Gasteiger partial charge on any atom is -0.450 e. The van der Waals surface area contributed by atoms with Gasteiger partial charge in [0.25, 0.3) is 0 Å². The van der Waals surface area contributed by atoms with Gasteiger partial charge in [-0.2, -0.15) is 0 Å². The van der Waals surface area contributed by atoms with E-state index in [1.807, 2.05) is 0 Å². The van der Waals surface area contributed by atoms with Crippen molar-refractivity contribution >= 4 is 17.7 Å². The van der Waals surface area contributed by atoms with Crippen LogP contribution in [0.2, 0.25) is 0 Å². The predicted octanol–water partition coefficient (Wildman–Crippen LogP) is 3.10. The molecule has 6 nitrogen and oxygen atoms in total. The van der Waals surface area contributed by atoms with Crippen molar-refractivity contribution in [3.8, 4) is 0 Å². The molecule has 0 bridgehead atoms. The molecule has 0 aromatic heterocycles. The van der Waals surface area contributed by atoms with E-state index in [0.29, 0.717) is 32.7 Å². The van der Waals surface area contributed by atoms with Crippen molar-refractivity contribution in [3.05, 3.63) is 29.3 Å². The maximum absolute atomic E-state index is 12.2. The fraction of sp³-hybridized carbons (Fsp3) is 0.600. The molecular formula is C20H31N3O3. The zero-order chi connectivity index (χ0) is 18.9. The summed E-state index contributed by atoms with van der Waals surface area (Å²) < 4.78 is 5.01. The number of aryl methyl sites for hydroxylation is 2. The lowest BCUT2D eigenvalue weighted by atomic mass is 10.0. The molecule has 0 unspecified atom stereocenters. The van der Waals surface area contributed by atoms with Crippen LogP contribution in [0.3, 0.4) is 0 Å². The zero-order valence-corrected chi connectivity index (χ0v) is 16.1. The highest BCUT2D eigenvalue weighted by atomic mass is 16.6. The standard InChI is InChI=1S/C20H31N3O3/c1-4-16-8-6-7-15(3)19(16)21-12-9-18(24)22-17-10-13-23(14-11-17)20(25)26-5-2/h6-8,17,21H,4-5,9-14H2,1-3H3,(H,22,24). The number of anilines is 1. The van der Waals surface area contributed by atoms with Gasteiger partial charge in [0.1, 0.15) is 0 Å². The van der Waals surface area contributed by atoms with Crippen LogP contribution in [-0.4, -0.2) is 49.2 Å². The molecular weight excluding hydrogens is 330 g/mol. The summed E-state index contributed by atoms with van der Waals surface area (Å²) in [5.74, 6) is 0.0544. The van der Waals surface area contributed by atoms with Crippen molar-refractivity contribution in [3.63, 3.8) is 0 Å². The number of para-hydroxylation sites is 1. The van der Waals surface area contributed by atoms with E-state index in [4.69, 9.17) is 4.74 Å². The molecule has 1 aromatic rings. The number of hydrogen-bond donors (Lipinski definition) is 2. The van der Waals surface area contributed by atoms with Gasteiger partial charge in [0, 0.05) is 37.8 Å². The Kier molecular flexibility index (Phi) is 7.75. The molecule has 1 aromatic carbocycles. The molecule has 0 radical (unpaired) electrons. The third-order valence-corrected chi connectivity index (χ3v) is 4.78. The SMILES string of the molecule is CCOC(=O)N1CCC(NC(=O)CCNc2c(C)cccc2CC)CC1. The Morgan fingerprint density at radius 3 is 2.62 bits per heavy atom. The Bertz CT molecular complexity index is 610. The van der Waals surface area contributed by atoms with Crippen molar-refractivity contribution in [1.82, 2.24) is 10.2 Å². The van der Waals surface area contributed by atoms with Crippen molar-refractivity contribution in [2.45, 2.75) is 52.5 Å². The second kappa shape index (κ2) is 10.0. The van der Waals surface area contributed by atoms with Gasteiger partial charge in [-0.1, -0.05) is 25.1 Å². The molecule has 0 saturated carbocycles. The summed E-state index contributed by atoms with van der Waals surface area (Å²) in [7, 11) is 0.